The molecule has 3 nitrogen and oxygen atoms in total. The zero-order valence-corrected chi connectivity index (χ0v) is 34.2. The summed E-state index contributed by atoms with van der Waals surface area (Å²) in [6, 6.07) is 80.8. The molecule has 3 heteroatoms. The van der Waals surface area contributed by atoms with Crippen molar-refractivity contribution in [3.05, 3.63) is 224 Å². The maximum atomic E-state index is 6.79. The van der Waals surface area contributed by atoms with Gasteiger partial charge in [0.05, 0.1) is 0 Å². The Hall–Kier alpha value is -8.14. The summed E-state index contributed by atoms with van der Waals surface area (Å²) in [4.78, 5) is 2.38. The summed E-state index contributed by atoms with van der Waals surface area (Å²) < 4.78 is 9.11. The zero-order chi connectivity index (χ0) is 41.1. The first kappa shape index (κ1) is 35.8. The number of rotatable bonds is 7. The first-order valence-corrected chi connectivity index (χ1v) is 21.2. The number of benzene rings is 10. The third-order valence-electron chi connectivity index (χ3n) is 12.6. The maximum Gasteiger partial charge on any atom is 0.143 e. The van der Waals surface area contributed by atoms with Crippen LogP contribution in [0.15, 0.2) is 229 Å². The molecule has 0 bridgehead atoms. The lowest BCUT2D eigenvalue weighted by molar-refractivity contribution is 0.671. The second-order valence-corrected chi connectivity index (χ2v) is 16.1. The van der Waals surface area contributed by atoms with Gasteiger partial charge in [-0.2, -0.15) is 0 Å². The molecule has 0 saturated carbocycles. The van der Waals surface area contributed by atoms with Crippen LogP contribution >= 0.6 is 0 Å². The summed E-state index contributed by atoms with van der Waals surface area (Å²) in [5, 5.41) is 7.29. The fourth-order valence-electron chi connectivity index (χ4n) is 9.55. The molecule has 0 amide bonds. The molecule has 12 aromatic rings. The van der Waals surface area contributed by atoms with Crippen LogP contribution < -0.4 is 4.90 Å². The summed E-state index contributed by atoms with van der Waals surface area (Å²) in [5.74, 6) is 0. The number of aryl methyl sites for hydroxylation is 1. The molecule has 292 valence electrons. The minimum atomic E-state index is 0.906. The van der Waals surface area contributed by atoms with E-state index in [0.29, 0.717) is 0 Å². The van der Waals surface area contributed by atoms with Crippen LogP contribution in [0.5, 0.6) is 0 Å². The van der Waals surface area contributed by atoms with Crippen molar-refractivity contribution in [3.63, 3.8) is 0 Å². The van der Waals surface area contributed by atoms with Crippen molar-refractivity contribution in [2.24, 2.45) is 7.05 Å². The lowest BCUT2D eigenvalue weighted by Gasteiger charge is -2.26. The highest BCUT2D eigenvalue weighted by Crippen LogP contribution is 2.43. The van der Waals surface area contributed by atoms with E-state index in [1.807, 2.05) is 0 Å². The van der Waals surface area contributed by atoms with Gasteiger partial charge in [0, 0.05) is 67.8 Å². The average molecular weight is 793 g/mol. The Balaban J connectivity index is 0.952. The predicted octanol–water partition coefficient (Wildman–Crippen LogP) is 16.5. The molecule has 0 saturated heterocycles. The lowest BCUT2D eigenvalue weighted by Crippen LogP contribution is -2.09. The highest BCUT2D eigenvalue weighted by molar-refractivity contribution is 6.21. The molecule has 12 rings (SSSR count). The number of furan rings is 1. The van der Waals surface area contributed by atoms with Crippen molar-refractivity contribution in [1.29, 1.82) is 0 Å². The Bertz CT molecular complexity index is 3620. The van der Waals surface area contributed by atoms with Gasteiger partial charge in [-0.1, -0.05) is 170 Å². The van der Waals surface area contributed by atoms with Crippen LogP contribution in [0.3, 0.4) is 0 Å². The summed E-state index contributed by atoms with van der Waals surface area (Å²) >= 11 is 0. The Morgan fingerprint density at radius 2 is 0.839 bits per heavy atom. The van der Waals surface area contributed by atoms with Crippen molar-refractivity contribution >= 4 is 71.6 Å². The molecule has 0 unspecified atom stereocenters. The molecular formula is C59H40N2O. The normalized spacial score (nSPS) is 11.6. The molecule has 0 atom stereocenters. The van der Waals surface area contributed by atoms with E-state index in [0.717, 1.165) is 72.4 Å². The topological polar surface area (TPSA) is 21.3 Å². The molecule has 0 aliphatic carbocycles. The molecule has 2 heterocycles. The van der Waals surface area contributed by atoms with Crippen molar-refractivity contribution in [2.45, 2.75) is 0 Å². The van der Waals surface area contributed by atoms with Crippen LogP contribution in [0.1, 0.15) is 0 Å². The monoisotopic (exact) mass is 792 g/mol. The summed E-state index contributed by atoms with van der Waals surface area (Å²) in [5.41, 5.74) is 16.7. The first-order valence-electron chi connectivity index (χ1n) is 21.2. The number of fused-ring (bicyclic) bond motifs is 8. The average Bonchev–Trinajstić information content (AvgIpc) is 3.87. The van der Waals surface area contributed by atoms with Crippen LogP contribution in [0.2, 0.25) is 0 Å². The van der Waals surface area contributed by atoms with Gasteiger partial charge in [0.1, 0.15) is 11.2 Å². The maximum absolute atomic E-state index is 6.79. The van der Waals surface area contributed by atoms with Gasteiger partial charge in [0.15, 0.2) is 0 Å². The molecule has 0 radical (unpaired) electrons. The highest BCUT2D eigenvalue weighted by Gasteiger charge is 2.19. The van der Waals surface area contributed by atoms with E-state index in [1.54, 1.807) is 0 Å². The lowest BCUT2D eigenvalue weighted by atomic mass is 9.97. The molecule has 0 aliphatic rings. The standard InChI is InChI=1S/C59H40N2O/c1-60-55-36-34-48(38-54(55)57-49-20-9-8-17-43(49)29-35-56(57)60)61(46-30-25-40(26-31-46)39-13-4-2-5-14-39)47-32-27-41(28-33-47)44-18-10-19-45(37-44)51-22-12-24-53-52-23-11-21-50(58(52)62-59(51)53)42-15-6-3-7-16-42/h2-38H,1H3. The second kappa shape index (κ2) is 14.5. The van der Waals surface area contributed by atoms with E-state index in [9.17, 15) is 0 Å². The number of hydrogen-bond donors (Lipinski definition) is 0. The molecular weight excluding hydrogens is 753 g/mol. The SMILES string of the molecule is Cn1c2ccc(N(c3ccc(-c4ccccc4)cc3)c3ccc(-c4cccc(-c5cccc6c5oc5c(-c7ccccc7)cccc56)c4)cc3)cc2c2c3ccccc3ccc21. The minimum absolute atomic E-state index is 0.906. The molecule has 0 aliphatic heterocycles. The molecule has 0 fully saturated rings. The summed E-state index contributed by atoms with van der Waals surface area (Å²) in [6.45, 7) is 0. The van der Waals surface area contributed by atoms with Gasteiger partial charge in [-0.05, 0) is 98.8 Å². The van der Waals surface area contributed by atoms with Gasteiger partial charge >= 0.3 is 0 Å². The predicted molar refractivity (Wildman–Crippen MR) is 262 cm³/mol. The fraction of sp³-hybridized carbons (Fsp3) is 0.0169. The molecule has 0 N–H and O–H groups in total. The number of anilines is 3. The Morgan fingerprint density at radius 3 is 1.53 bits per heavy atom. The third kappa shape index (κ3) is 5.89. The Labute approximate surface area is 360 Å². The van der Waals surface area contributed by atoms with Gasteiger partial charge in [0.25, 0.3) is 0 Å². The largest absolute Gasteiger partial charge is 0.455 e. The van der Waals surface area contributed by atoms with Crippen LogP contribution in [0, 0.1) is 0 Å². The van der Waals surface area contributed by atoms with E-state index < -0.39 is 0 Å². The first-order chi connectivity index (χ1) is 30.7. The summed E-state index contributed by atoms with van der Waals surface area (Å²) in [6.07, 6.45) is 0. The summed E-state index contributed by atoms with van der Waals surface area (Å²) in [7, 11) is 2.17. The van der Waals surface area contributed by atoms with Crippen LogP contribution in [-0.4, -0.2) is 4.57 Å². The zero-order valence-electron chi connectivity index (χ0n) is 34.2. The number of aromatic nitrogens is 1. The number of para-hydroxylation sites is 2. The van der Waals surface area contributed by atoms with Gasteiger partial charge in [0.2, 0.25) is 0 Å². The van der Waals surface area contributed by atoms with Crippen molar-refractivity contribution < 1.29 is 4.42 Å². The number of hydrogen-bond acceptors (Lipinski definition) is 2. The van der Waals surface area contributed by atoms with E-state index in [-0.39, 0.29) is 0 Å². The quantitative estimate of drug-likeness (QED) is 0.160. The van der Waals surface area contributed by atoms with E-state index in [1.165, 1.54) is 43.7 Å². The van der Waals surface area contributed by atoms with Crippen molar-refractivity contribution in [1.82, 2.24) is 4.57 Å². The molecule has 0 spiro atoms. The van der Waals surface area contributed by atoms with E-state index in [2.05, 4.69) is 241 Å². The van der Waals surface area contributed by atoms with Crippen molar-refractivity contribution in [3.8, 4) is 44.5 Å². The van der Waals surface area contributed by atoms with E-state index >= 15 is 0 Å². The molecule has 10 aromatic carbocycles. The Morgan fingerprint density at radius 1 is 0.339 bits per heavy atom. The van der Waals surface area contributed by atoms with Crippen molar-refractivity contribution in [2.75, 3.05) is 4.90 Å². The second-order valence-electron chi connectivity index (χ2n) is 16.1. The van der Waals surface area contributed by atoms with Crippen LogP contribution in [-0.2, 0) is 7.05 Å². The van der Waals surface area contributed by atoms with Crippen LogP contribution in [0.4, 0.5) is 17.1 Å². The Kier molecular flexibility index (Phi) is 8.39. The molecule has 62 heavy (non-hydrogen) atoms. The highest BCUT2D eigenvalue weighted by atomic mass is 16.3. The van der Waals surface area contributed by atoms with Crippen LogP contribution in [0.25, 0.3) is 99.0 Å². The number of nitrogens with zero attached hydrogens (tertiary/aromatic N) is 2. The van der Waals surface area contributed by atoms with Gasteiger partial charge in [-0.15, -0.1) is 0 Å². The molecule has 2 aromatic heterocycles. The smallest absolute Gasteiger partial charge is 0.143 e. The minimum Gasteiger partial charge on any atom is -0.455 e. The van der Waals surface area contributed by atoms with Gasteiger partial charge in [-0.25, -0.2) is 0 Å². The van der Waals surface area contributed by atoms with E-state index in [4.69, 9.17) is 4.42 Å². The van der Waals surface area contributed by atoms with Gasteiger partial charge < -0.3 is 13.9 Å². The third-order valence-corrected chi connectivity index (χ3v) is 12.6. The fourth-order valence-corrected chi connectivity index (χ4v) is 9.55. The van der Waals surface area contributed by atoms with Gasteiger partial charge in [-0.3, -0.25) is 0 Å².